The number of unbranched alkanes of at least 4 members (excludes halogenated alkanes) is 29. The van der Waals surface area contributed by atoms with Crippen LogP contribution in [0.25, 0.3) is 0 Å². The summed E-state index contributed by atoms with van der Waals surface area (Å²) >= 11 is 0. The van der Waals surface area contributed by atoms with Crippen LogP contribution in [0.3, 0.4) is 0 Å². The van der Waals surface area contributed by atoms with Crippen molar-refractivity contribution in [2.45, 2.75) is 265 Å². The molecule has 0 aliphatic heterocycles. The minimum absolute atomic E-state index is 0.0642. The molecule has 1 atom stereocenters. The van der Waals surface area contributed by atoms with Crippen LogP contribution in [0.4, 0.5) is 0 Å². The number of rotatable bonds is 42. The molecule has 53 heavy (non-hydrogen) atoms. The van der Waals surface area contributed by atoms with Crippen molar-refractivity contribution in [3.63, 3.8) is 0 Å². The molecule has 0 spiro atoms. The largest absolute Gasteiger partial charge is 0.462 e. The Kier molecular flexibility index (Phi) is 40.3. The summed E-state index contributed by atoms with van der Waals surface area (Å²) < 4.78 is 16.7. The van der Waals surface area contributed by atoms with Gasteiger partial charge in [-0.05, 0) is 25.2 Å². The highest BCUT2D eigenvalue weighted by atomic mass is 16.6. The van der Waals surface area contributed by atoms with Gasteiger partial charge in [0.15, 0.2) is 6.10 Å². The van der Waals surface area contributed by atoms with Gasteiger partial charge in [0.05, 0.1) is 0 Å². The van der Waals surface area contributed by atoms with E-state index in [2.05, 4.69) is 27.7 Å². The predicted octanol–water partition coefficient (Wildman–Crippen LogP) is 14.7. The molecular formula is C47H90O6. The number of esters is 3. The van der Waals surface area contributed by atoms with Crippen LogP contribution in [0.2, 0.25) is 0 Å². The molecule has 314 valence electrons. The zero-order valence-corrected chi connectivity index (χ0v) is 36.0. The Balaban J connectivity index is 4.30. The molecule has 0 fully saturated rings. The first kappa shape index (κ1) is 51.4. The molecule has 0 amide bonds. The summed E-state index contributed by atoms with van der Waals surface area (Å²) in [6, 6.07) is 0. The van der Waals surface area contributed by atoms with Crippen molar-refractivity contribution in [3.8, 4) is 0 Å². The van der Waals surface area contributed by atoms with Gasteiger partial charge in [0, 0.05) is 19.3 Å². The van der Waals surface area contributed by atoms with Gasteiger partial charge in [0.25, 0.3) is 0 Å². The summed E-state index contributed by atoms with van der Waals surface area (Å²) in [6.07, 6.45) is 40.9. The summed E-state index contributed by atoms with van der Waals surface area (Å²) in [5.41, 5.74) is 0. The summed E-state index contributed by atoms with van der Waals surface area (Å²) in [5.74, 6) is -0.0930. The van der Waals surface area contributed by atoms with Crippen molar-refractivity contribution < 1.29 is 28.6 Å². The highest BCUT2D eigenvalue weighted by Crippen LogP contribution is 2.16. The van der Waals surface area contributed by atoms with Gasteiger partial charge < -0.3 is 14.2 Å². The fourth-order valence-corrected chi connectivity index (χ4v) is 6.98. The molecule has 0 heterocycles. The van der Waals surface area contributed by atoms with E-state index in [0.29, 0.717) is 19.3 Å². The van der Waals surface area contributed by atoms with E-state index in [9.17, 15) is 14.4 Å². The molecule has 0 bridgehead atoms. The van der Waals surface area contributed by atoms with Gasteiger partial charge >= 0.3 is 17.9 Å². The second-order valence-electron chi connectivity index (χ2n) is 16.5. The second kappa shape index (κ2) is 41.6. The lowest BCUT2D eigenvalue weighted by molar-refractivity contribution is -0.167. The van der Waals surface area contributed by atoms with Crippen molar-refractivity contribution in [1.29, 1.82) is 0 Å². The lowest BCUT2D eigenvalue weighted by Crippen LogP contribution is -2.30. The zero-order valence-electron chi connectivity index (χ0n) is 36.0. The molecule has 0 rings (SSSR count). The Bertz CT molecular complexity index is 796. The highest BCUT2D eigenvalue weighted by Gasteiger charge is 2.19. The number of carbonyl (C=O) groups excluding carboxylic acids is 3. The van der Waals surface area contributed by atoms with Crippen molar-refractivity contribution in [2.24, 2.45) is 5.92 Å². The van der Waals surface area contributed by atoms with Gasteiger partial charge in [-0.1, -0.05) is 220 Å². The van der Waals surface area contributed by atoms with Crippen molar-refractivity contribution in [2.75, 3.05) is 13.2 Å². The Morgan fingerprint density at radius 1 is 0.358 bits per heavy atom. The number of ether oxygens (including phenoxy) is 3. The molecule has 6 nitrogen and oxygen atoms in total. The summed E-state index contributed by atoms with van der Waals surface area (Å²) in [5, 5.41) is 0. The maximum absolute atomic E-state index is 12.7. The van der Waals surface area contributed by atoms with Gasteiger partial charge in [-0.15, -0.1) is 0 Å². The average molecular weight is 751 g/mol. The van der Waals surface area contributed by atoms with E-state index in [1.165, 1.54) is 154 Å². The topological polar surface area (TPSA) is 78.9 Å². The summed E-state index contributed by atoms with van der Waals surface area (Å²) in [6.45, 7) is 8.93. The quantitative estimate of drug-likeness (QED) is 0.0351. The van der Waals surface area contributed by atoms with Gasteiger partial charge in [-0.2, -0.15) is 0 Å². The SMILES string of the molecule is CCCCCCCCCCCCCCCCC(=O)OC[C@H](COC(=O)CCCCCCCCC(C)C)OC(=O)CCCCCCCCCCCCCC. The van der Waals surface area contributed by atoms with Gasteiger partial charge in [0.1, 0.15) is 13.2 Å². The van der Waals surface area contributed by atoms with Crippen molar-refractivity contribution >= 4 is 17.9 Å². The second-order valence-corrected chi connectivity index (χ2v) is 16.5. The van der Waals surface area contributed by atoms with E-state index >= 15 is 0 Å². The fraction of sp³-hybridized carbons (Fsp3) is 0.936. The molecular weight excluding hydrogens is 661 g/mol. The Hall–Kier alpha value is -1.59. The third-order valence-corrected chi connectivity index (χ3v) is 10.5. The normalized spacial score (nSPS) is 11.9. The molecule has 0 aromatic heterocycles. The number of hydrogen-bond acceptors (Lipinski definition) is 6. The molecule has 0 aromatic carbocycles. The minimum Gasteiger partial charge on any atom is -0.462 e. The molecule has 0 aliphatic rings. The fourth-order valence-electron chi connectivity index (χ4n) is 6.98. The highest BCUT2D eigenvalue weighted by molar-refractivity contribution is 5.71. The monoisotopic (exact) mass is 751 g/mol. The molecule has 0 radical (unpaired) electrons. The average Bonchev–Trinajstić information content (AvgIpc) is 3.14. The molecule has 0 aromatic rings. The molecule has 0 saturated heterocycles. The van der Waals surface area contributed by atoms with E-state index in [-0.39, 0.29) is 31.1 Å². The third-order valence-electron chi connectivity index (χ3n) is 10.5. The Morgan fingerprint density at radius 2 is 0.623 bits per heavy atom. The van der Waals surface area contributed by atoms with Crippen LogP contribution in [0.15, 0.2) is 0 Å². The molecule has 0 saturated carbocycles. The van der Waals surface area contributed by atoms with Crippen LogP contribution < -0.4 is 0 Å². The van der Waals surface area contributed by atoms with E-state index in [1.807, 2.05) is 0 Å². The van der Waals surface area contributed by atoms with Crippen LogP contribution in [0.1, 0.15) is 259 Å². The van der Waals surface area contributed by atoms with Crippen molar-refractivity contribution in [3.05, 3.63) is 0 Å². The van der Waals surface area contributed by atoms with E-state index in [4.69, 9.17) is 14.2 Å². The molecule has 0 aliphatic carbocycles. The maximum atomic E-state index is 12.7. The van der Waals surface area contributed by atoms with Crippen LogP contribution >= 0.6 is 0 Å². The third kappa shape index (κ3) is 41.4. The Labute approximate surface area is 329 Å². The first-order valence-corrected chi connectivity index (χ1v) is 23.4. The molecule has 6 heteroatoms. The van der Waals surface area contributed by atoms with E-state index in [0.717, 1.165) is 63.7 Å². The zero-order chi connectivity index (χ0) is 38.9. The van der Waals surface area contributed by atoms with Gasteiger partial charge in [-0.25, -0.2) is 0 Å². The smallest absolute Gasteiger partial charge is 0.306 e. The lowest BCUT2D eigenvalue weighted by Gasteiger charge is -2.18. The lowest BCUT2D eigenvalue weighted by atomic mass is 10.0. The standard InChI is InChI=1S/C47H90O6/c1-5-7-9-11-13-15-17-19-20-22-23-25-30-34-38-45(48)51-41-44(42-52-46(49)39-35-31-28-27-29-33-37-43(3)4)53-47(50)40-36-32-26-24-21-18-16-14-12-10-8-6-2/h43-44H,5-42H2,1-4H3/t44-/m1/s1. The first-order chi connectivity index (χ1) is 25.9. The predicted molar refractivity (Wildman–Crippen MR) is 224 cm³/mol. The number of hydrogen-bond donors (Lipinski definition) is 0. The molecule has 0 N–H and O–H groups in total. The van der Waals surface area contributed by atoms with Crippen LogP contribution in [-0.4, -0.2) is 37.2 Å². The molecule has 0 unspecified atom stereocenters. The van der Waals surface area contributed by atoms with Gasteiger partial charge in [0.2, 0.25) is 0 Å². The van der Waals surface area contributed by atoms with Gasteiger partial charge in [-0.3, -0.25) is 14.4 Å². The summed E-state index contributed by atoms with van der Waals surface area (Å²) in [4.78, 5) is 37.7. The van der Waals surface area contributed by atoms with E-state index < -0.39 is 6.10 Å². The maximum Gasteiger partial charge on any atom is 0.306 e. The first-order valence-electron chi connectivity index (χ1n) is 23.4. The van der Waals surface area contributed by atoms with Crippen LogP contribution in [-0.2, 0) is 28.6 Å². The number of carbonyl (C=O) groups is 3. The van der Waals surface area contributed by atoms with Crippen LogP contribution in [0, 0.1) is 5.92 Å². The van der Waals surface area contributed by atoms with Crippen LogP contribution in [0.5, 0.6) is 0 Å². The Morgan fingerprint density at radius 3 is 0.925 bits per heavy atom. The minimum atomic E-state index is -0.759. The summed E-state index contributed by atoms with van der Waals surface area (Å²) in [7, 11) is 0. The van der Waals surface area contributed by atoms with E-state index in [1.54, 1.807) is 0 Å². The van der Waals surface area contributed by atoms with Crippen molar-refractivity contribution in [1.82, 2.24) is 0 Å².